The number of nitrogens with one attached hydrogen (secondary N) is 1. The molecule has 80 valence electrons. The van der Waals surface area contributed by atoms with E-state index in [0.29, 0.717) is 12.1 Å². The molecule has 0 heterocycles. The van der Waals surface area contributed by atoms with Crippen LogP contribution in [0.15, 0.2) is 36.9 Å². The molecule has 0 aliphatic carbocycles. The van der Waals surface area contributed by atoms with Gasteiger partial charge in [0, 0.05) is 18.2 Å². The van der Waals surface area contributed by atoms with Crippen molar-refractivity contribution in [3.63, 3.8) is 0 Å². The Labute approximate surface area is 90.0 Å². The normalized spacial score (nSPS) is 12.1. The fourth-order valence-electron chi connectivity index (χ4n) is 1.27. The van der Waals surface area contributed by atoms with Gasteiger partial charge in [-0.1, -0.05) is 24.3 Å². The van der Waals surface area contributed by atoms with Gasteiger partial charge in [0.05, 0.1) is 0 Å². The smallest absolute Gasteiger partial charge is 0.249 e. The topological polar surface area (TPSA) is 55.1 Å². The standard InChI is InChI=1S/C12H16N2O/c1-3-9(2)14-8-10-6-4-5-7-11(10)12(13)15/h3-7,9,14H,1,8H2,2H3,(H2,13,15). The van der Waals surface area contributed by atoms with Crippen molar-refractivity contribution in [3.05, 3.63) is 48.0 Å². The van der Waals surface area contributed by atoms with Crippen LogP contribution in [-0.4, -0.2) is 11.9 Å². The van der Waals surface area contributed by atoms with E-state index in [0.717, 1.165) is 5.56 Å². The van der Waals surface area contributed by atoms with Crippen molar-refractivity contribution in [2.45, 2.75) is 19.5 Å². The van der Waals surface area contributed by atoms with E-state index < -0.39 is 5.91 Å². The quantitative estimate of drug-likeness (QED) is 0.713. The predicted molar refractivity (Wildman–Crippen MR) is 61.5 cm³/mol. The summed E-state index contributed by atoms with van der Waals surface area (Å²) >= 11 is 0. The fraction of sp³-hybridized carbons (Fsp3) is 0.250. The van der Waals surface area contributed by atoms with Crippen LogP contribution in [0, 0.1) is 0 Å². The minimum absolute atomic E-state index is 0.214. The molecule has 0 aromatic heterocycles. The maximum absolute atomic E-state index is 11.1. The molecule has 0 aliphatic heterocycles. The summed E-state index contributed by atoms with van der Waals surface area (Å²) in [4.78, 5) is 11.1. The Hall–Kier alpha value is -1.61. The average molecular weight is 204 g/mol. The number of rotatable bonds is 5. The third kappa shape index (κ3) is 3.22. The third-order valence-electron chi connectivity index (χ3n) is 2.25. The number of hydrogen-bond donors (Lipinski definition) is 2. The van der Waals surface area contributed by atoms with Crippen LogP contribution in [0.25, 0.3) is 0 Å². The lowest BCUT2D eigenvalue weighted by Crippen LogP contribution is -2.25. The molecule has 0 fully saturated rings. The van der Waals surface area contributed by atoms with E-state index in [1.165, 1.54) is 0 Å². The van der Waals surface area contributed by atoms with Crippen LogP contribution in [0.1, 0.15) is 22.8 Å². The second kappa shape index (κ2) is 5.32. The molecule has 1 rings (SSSR count). The van der Waals surface area contributed by atoms with E-state index in [2.05, 4.69) is 11.9 Å². The highest BCUT2D eigenvalue weighted by molar-refractivity contribution is 5.94. The van der Waals surface area contributed by atoms with Gasteiger partial charge < -0.3 is 11.1 Å². The van der Waals surface area contributed by atoms with Gasteiger partial charge in [0.25, 0.3) is 0 Å². The molecule has 1 unspecified atom stereocenters. The van der Waals surface area contributed by atoms with E-state index in [-0.39, 0.29) is 6.04 Å². The molecule has 0 radical (unpaired) electrons. The van der Waals surface area contributed by atoms with Gasteiger partial charge in [-0.05, 0) is 18.6 Å². The van der Waals surface area contributed by atoms with Crippen LogP contribution in [0.3, 0.4) is 0 Å². The molecule has 0 bridgehead atoms. The van der Waals surface area contributed by atoms with Crippen molar-refractivity contribution in [3.8, 4) is 0 Å². The number of amides is 1. The Bertz CT molecular complexity index is 360. The van der Waals surface area contributed by atoms with Crippen molar-refractivity contribution < 1.29 is 4.79 Å². The third-order valence-corrected chi connectivity index (χ3v) is 2.25. The second-order valence-corrected chi connectivity index (χ2v) is 3.43. The highest BCUT2D eigenvalue weighted by Gasteiger charge is 2.06. The number of nitrogens with two attached hydrogens (primary N) is 1. The van der Waals surface area contributed by atoms with E-state index in [9.17, 15) is 4.79 Å². The number of carbonyl (C=O) groups is 1. The summed E-state index contributed by atoms with van der Waals surface area (Å²) in [6.07, 6.45) is 1.81. The van der Waals surface area contributed by atoms with Crippen molar-refractivity contribution in [1.82, 2.24) is 5.32 Å². The summed E-state index contributed by atoms with van der Waals surface area (Å²) in [7, 11) is 0. The Kier molecular flexibility index (Phi) is 4.06. The first-order valence-electron chi connectivity index (χ1n) is 4.88. The van der Waals surface area contributed by atoms with E-state index >= 15 is 0 Å². The second-order valence-electron chi connectivity index (χ2n) is 3.43. The van der Waals surface area contributed by atoms with Crippen molar-refractivity contribution in [1.29, 1.82) is 0 Å². The molecule has 3 N–H and O–H groups in total. The van der Waals surface area contributed by atoms with E-state index in [4.69, 9.17) is 5.73 Å². The van der Waals surface area contributed by atoms with Crippen molar-refractivity contribution >= 4 is 5.91 Å². The Morgan fingerprint density at radius 3 is 2.87 bits per heavy atom. The summed E-state index contributed by atoms with van der Waals surface area (Å²) in [6, 6.07) is 7.54. The molecular weight excluding hydrogens is 188 g/mol. The van der Waals surface area contributed by atoms with Crippen LogP contribution in [0.2, 0.25) is 0 Å². The van der Waals surface area contributed by atoms with Gasteiger partial charge in [0.2, 0.25) is 5.91 Å². The van der Waals surface area contributed by atoms with Crippen LogP contribution in [-0.2, 0) is 6.54 Å². The number of hydrogen-bond acceptors (Lipinski definition) is 2. The van der Waals surface area contributed by atoms with Crippen molar-refractivity contribution in [2.24, 2.45) is 5.73 Å². The van der Waals surface area contributed by atoms with Crippen LogP contribution < -0.4 is 11.1 Å². The summed E-state index contributed by atoms with van der Waals surface area (Å²) in [6.45, 7) is 6.29. The molecule has 0 spiro atoms. The zero-order valence-electron chi connectivity index (χ0n) is 8.86. The maximum atomic E-state index is 11.1. The molecule has 3 heteroatoms. The Morgan fingerprint density at radius 2 is 2.27 bits per heavy atom. The van der Waals surface area contributed by atoms with Gasteiger partial charge in [0.1, 0.15) is 0 Å². The molecular formula is C12H16N2O. The summed E-state index contributed by atoms with van der Waals surface area (Å²) in [5.74, 6) is -0.390. The molecule has 3 nitrogen and oxygen atoms in total. The molecule has 15 heavy (non-hydrogen) atoms. The molecule has 1 aromatic carbocycles. The molecule has 0 saturated carbocycles. The fourth-order valence-corrected chi connectivity index (χ4v) is 1.27. The van der Waals surface area contributed by atoms with Crippen molar-refractivity contribution in [2.75, 3.05) is 0 Å². The molecule has 1 atom stereocenters. The highest BCUT2D eigenvalue weighted by atomic mass is 16.1. The van der Waals surface area contributed by atoms with Gasteiger partial charge in [-0.25, -0.2) is 0 Å². The SMILES string of the molecule is C=CC(C)NCc1ccccc1C(N)=O. The maximum Gasteiger partial charge on any atom is 0.249 e. The van der Waals surface area contributed by atoms with Gasteiger partial charge >= 0.3 is 0 Å². The lowest BCUT2D eigenvalue weighted by Gasteiger charge is -2.11. The molecule has 1 aromatic rings. The first-order valence-corrected chi connectivity index (χ1v) is 4.88. The van der Waals surface area contributed by atoms with Gasteiger partial charge in [-0.3, -0.25) is 4.79 Å². The predicted octanol–water partition coefficient (Wildman–Crippen LogP) is 1.45. The lowest BCUT2D eigenvalue weighted by atomic mass is 10.1. The lowest BCUT2D eigenvalue weighted by molar-refractivity contribution is 0.0999. The minimum atomic E-state index is -0.390. The number of benzene rings is 1. The van der Waals surface area contributed by atoms with E-state index in [1.807, 2.05) is 25.1 Å². The molecule has 0 aliphatic rings. The van der Waals surface area contributed by atoms with Gasteiger partial charge in [-0.15, -0.1) is 6.58 Å². The molecule has 0 saturated heterocycles. The Morgan fingerprint density at radius 1 is 1.60 bits per heavy atom. The number of primary amides is 1. The van der Waals surface area contributed by atoms with Gasteiger partial charge in [0.15, 0.2) is 0 Å². The summed E-state index contributed by atoms with van der Waals surface area (Å²) < 4.78 is 0. The van der Waals surface area contributed by atoms with Crippen LogP contribution in [0.4, 0.5) is 0 Å². The summed E-state index contributed by atoms with van der Waals surface area (Å²) in [5, 5.41) is 3.22. The number of carbonyl (C=O) groups excluding carboxylic acids is 1. The highest BCUT2D eigenvalue weighted by Crippen LogP contribution is 2.07. The van der Waals surface area contributed by atoms with Crippen LogP contribution in [0.5, 0.6) is 0 Å². The van der Waals surface area contributed by atoms with Crippen LogP contribution >= 0.6 is 0 Å². The first kappa shape index (κ1) is 11.5. The minimum Gasteiger partial charge on any atom is -0.366 e. The monoisotopic (exact) mass is 204 g/mol. The zero-order chi connectivity index (χ0) is 11.3. The average Bonchev–Trinajstić information content (AvgIpc) is 2.26. The first-order chi connectivity index (χ1) is 7.15. The van der Waals surface area contributed by atoms with Gasteiger partial charge in [-0.2, -0.15) is 0 Å². The van der Waals surface area contributed by atoms with E-state index in [1.54, 1.807) is 12.1 Å². The largest absolute Gasteiger partial charge is 0.366 e. The summed E-state index contributed by atoms with van der Waals surface area (Å²) in [5.41, 5.74) is 6.75. The molecule has 1 amide bonds. The zero-order valence-corrected chi connectivity index (χ0v) is 8.86. The Balaban J connectivity index is 2.76.